The van der Waals surface area contributed by atoms with Gasteiger partial charge in [0.25, 0.3) is 5.91 Å². The van der Waals surface area contributed by atoms with Crippen molar-refractivity contribution in [3.8, 4) is 17.2 Å². The predicted octanol–water partition coefficient (Wildman–Crippen LogP) is 3.21. The van der Waals surface area contributed by atoms with Gasteiger partial charge in [-0.05, 0) is 74.4 Å². The molecule has 0 aliphatic carbocycles. The van der Waals surface area contributed by atoms with E-state index < -0.39 is 35.8 Å². The van der Waals surface area contributed by atoms with Crippen molar-refractivity contribution in [1.29, 1.82) is 0 Å². The number of fused-ring (bicyclic) bond motifs is 12. The summed E-state index contributed by atoms with van der Waals surface area (Å²) in [5.41, 5.74) is 0.747. The molecule has 5 heterocycles. The zero-order valence-electron chi connectivity index (χ0n) is 28.3. The van der Waals surface area contributed by atoms with Crippen LogP contribution in [0.25, 0.3) is 0 Å². The van der Waals surface area contributed by atoms with Crippen molar-refractivity contribution in [2.24, 2.45) is 5.92 Å². The molecule has 3 atom stereocenters. The molecule has 4 amide bonds. The zero-order chi connectivity index (χ0) is 34.7. The van der Waals surface area contributed by atoms with Gasteiger partial charge in [0.15, 0.2) is 0 Å². The summed E-state index contributed by atoms with van der Waals surface area (Å²) in [5.74, 6) is 0.537. The highest BCUT2D eigenvalue weighted by molar-refractivity contribution is 6.00. The Morgan fingerprint density at radius 2 is 1.63 bits per heavy atom. The van der Waals surface area contributed by atoms with Crippen LogP contribution in [0.15, 0.2) is 42.5 Å². The van der Waals surface area contributed by atoms with E-state index >= 15 is 0 Å². The lowest BCUT2D eigenvalue weighted by Crippen LogP contribution is -2.57. The summed E-state index contributed by atoms with van der Waals surface area (Å²) >= 11 is 0. The maximum Gasteiger partial charge on any atom is 0.255 e. The van der Waals surface area contributed by atoms with Gasteiger partial charge in [-0.2, -0.15) is 0 Å². The first-order valence-corrected chi connectivity index (χ1v) is 17.3. The summed E-state index contributed by atoms with van der Waals surface area (Å²) in [5, 5.41) is 27.7. The third kappa shape index (κ3) is 7.71. The number of aromatic nitrogens is 3. The molecule has 0 spiro atoms. The fourth-order valence-electron chi connectivity index (χ4n) is 6.83. The van der Waals surface area contributed by atoms with E-state index in [1.54, 1.807) is 43.9 Å². The molecule has 4 bridgehead atoms. The van der Waals surface area contributed by atoms with Gasteiger partial charge in [-0.25, -0.2) is 0 Å². The molecule has 13 heteroatoms. The van der Waals surface area contributed by atoms with Crippen LogP contribution in [-0.4, -0.2) is 79.6 Å². The lowest BCUT2D eigenvalue weighted by atomic mass is 9.94. The number of piperidine rings is 1. The molecular weight excluding hydrogens is 626 g/mol. The van der Waals surface area contributed by atoms with E-state index in [9.17, 15) is 24.3 Å². The number of aryl methyl sites for hydroxylation is 1. The smallest absolute Gasteiger partial charge is 0.255 e. The number of phenolic OH excluding ortho intramolecular Hbond substituents is 1. The summed E-state index contributed by atoms with van der Waals surface area (Å²) in [4.78, 5) is 56.0. The van der Waals surface area contributed by atoms with E-state index in [0.717, 1.165) is 55.9 Å². The first-order valence-electron chi connectivity index (χ1n) is 17.3. The van der Waals surface area contributed by atoms with Gasteiger partial charge in [-0.15, -0.1) is 10.2 Å². The molecule has 0 saturated carbocycles. The number of phenols is 1. The Hall–Kier alpha value is -4.94. The van der Waals surface area contributed by atoms with Crippen molar-refractivity contribution in [2.75, 3.05) is 13.1 Å². The molecule has 2 aromatic carbocycles. The molecule has 0 unspecified atom stereocenters. The average molecular weight is 672 g/mol. The van der Waals surface area contributed by atoms with Gasteiger partial charge in [0.1, 0.15) is 47.0 Å². The fourth-order valence-corrected chi connectivity index (χ4v) is 6.83. The third-order valence-electron chi connectivity index (χ3n) is 9.72. The van der Waals surface area contributed by atoms with Crippen molar-refractivity contribution in [2.45, 2.75) is 96.3 Å². The Kier molecular flexibility index (Phi) is 10.2. The number of carbonyl (C=O) groups excluding carboxylic acids is 4. The van der Waals surface area contributed by atoms with Crippen LogP contribution in [0.1, 0.15) is 86.4 Å². The summed E-state index contributed by atoms with van der Waals surface area (Å²) in [7, 11) is 0. The highest BCUT2D eigenvalue weighted by atomic mass is 16.5. The first kappa shape index (κ1) is 33.9. The minimum absolute atomic E-state index is 0.0545. The Morgan fingerprint density at radius 1 is 0.898 bits per heavy atom. The Morgan fingerprint density at radius 3 is 2.37 bits per heavy atom. The standard InChI is InChI=1S/C36H45N7O6/c1-21(2)31-35(47)37-22(3)33(45)38-28(19-23-8-10-25(11-9-23)49-26-12-13-29(44)27(20-26)34(46)39-31)36(48)42-17-14-24(15-18-42)32-41-40-30-7-5-4-6-16-43(30)32/h8-13,20-22,24,28,31,44H,4-7,14-19H2,1-3H3,(H,37,47)(H,38,45)(H,39,46)/t22-,28-,31-/m0/s1. The van der Waals surface area contributed by atoms with Crippen LogP contribution in [0.5, 0.6) is 17.2 Å². The van der Waals surface area contributed by atoms with E-state index in [0.29, 0.717) is 24.6 Å². The average Bonchev–Trinajstić information content (AvgIpc) is 3.34. The van der Waals surface area contributed by atoms with E-state index in [2.05, 4.69) is 30.7 Å². The molecule has 3 aromatic rings. The van der Waals surface area contributed by atoms with Gasteiger partial charge in [0, 0.05) is 38.4 Å². The highest BCUT2D eigenvalue weighted by Crippen LogP contribution is 2.30. The second-order valence-corrected chi connectivity index (χ2v) is 13.7. The van der Waals surface area contributed by atoms with Crippen molar-refractivity contribution in [3.63, 3.8) is 0 Å². The largest absolute Gasteiger partial charge is 0.507 e. The Labute approximate surface area is 285 Å². The number of nitrogens with one attached hydrogen (secondary N) is 3. The molecule has 7 rings (SSSR count). The summed E-state index contributed by atoms with van der Waals surface area (Å²) in [6, 6.07) is 8.56. The Balaban J connectivity index is 1.22. The summed E-state index contributed by atoms with van der Waals surface area (Å²) in [6.07, 6.45) is 6.13. The molecule has 49 heavy (non-hydrogen) atoms. The van der Waals surface area contributed by atoms with Crippen LogP contribution < -0.4 is 20.7 Å². The number of rotatable bonds is 3. The molecular formula is C36H45N7O6. The van der Waals surface area contributed by atoms with E-state index in [4.69, 9.17) is 4.74 Å². The van der Waals surface area contributed by atoms with Gasteiger partial charge >= 0.3 is 0 Å². The quantitative estimate of drug-likeness (QED) is 0.308. The van der Waals surface area contributed by atoms with Crippen LogP contribution in [0.4, 0.5) is 0 Å². The monoisotopic (exact) mass is 671 g/mol. The van der Waals surface area contributed by atoms with Crippen LogP contribution in [0.3, 0.4) is 0 Å². The molecule has 4 N–H and O–H groups in total. The minimum atomic E-state index is -1.00. The molecule has 1 fully saturated rings. The lowest BCUT2D eigenvalue weighted by molar-refractivity contribution is -0.138. The number of nitrogens with zero attached hydrogens (tertiary/aromatic N) is 4. The fraction of sp³-hybridized carbons (Fsp3) is 0.500. The van der Waals surface area contributed by atoms with Crippen molar-refractivity contribution >= 4 is 23.6 Å². The number of ether oxygens (including phenoxy) is 1. The normalized spacial score (nSPS) is 22.6. The van der Waals surface area contributed by atoms with Gasteiger partial charge in [0.2, 0.25) is 17.7 Å². The van der Waals surface area contributed by atoms with Crippen LogP contribution in [0, 0.1) is 5.92 Å². The van der Waals surface area contributed by atoms with Crippen LogP contribution in [0.2, 0.25) is 0 Å². The van der Waals surface area contributed by atoms with Crippen molar-refractivity contribution in [1.82, 2.24) is 35.6 Å². The number of amides is 4. The molecule has 13 nitrogen and oxygen atoms in total. The van der Waals surface area contributed by atoms with Crippen LogP contribution >= 0.6 is 0 Å². The maximum absolute atomic E-state index is 14.1. The minimum Gasteiger partial charge on any atom is -0.507 e. The maximum atomic E-state index is 14.1. The SMILES string of the molecule is CC(C)[C@@H]1NC(=O)c2cc(ccc2O)Oc2ccc(cc2)C[C@@H](C(=O)N2CCC(c3nnc4n3CCCCC4)CC2)NC(=O)[C@H](C)NC1=O. The van der Waals surface area contributed by atoms with Crippen LogP contribution in [-0.2, 0) is 33.8 Å². The number of carbonyl (C=O) groups is 4. The van der Waals surface area contributed by atoms with Gasteiger partial charge in [0.05, 0.1) is 5.56 Å². The topological polar surface area (TPSA) is 168 Å². The number of likely N-dealkylation sites (tertiary alicyclic amines) is 1. The predicted molar refractivity (Wildman–Crippen MR) is 180 cm³/mol. The zero-order valence-corrected chi connectivity index (χ0v) is 28.3. The van der Waals surface area contributed by atoms with Crippen molar-refractivity contribution in [3.05, 3.63) is 65.2 Å². The van der Waals surface area contributed by atoms with E-state index in [-0.39, 0.29) is 35.5 Å². The highest BCUT2D eigenvalue weighted by Gasteiger charge is 2.34. The molecule has 4 aliphatic rings. The number of hydrogen-bond donors (Lipinski definition) is 4. The number of hydrogen-bond acceptors (Lipinski definition) is 8. The van der Waals surface area contributed by atoms with Gasteiger partial charge < -0.3 is 35.3 Å². The Bertz CT molecular complexity index is 1700. The van der Waals surface area contributed by atoms with E-state index in [1.807, 2.05) is 12.1 Å². The van der Waals surface area contributed by atoms with Crippen molar-refractivity contribution < 1.29 is 29.0 Å². The molecule has 0 radical (unpaired) electrons. The molecule has 4 aliphatic heterocycles. The second kappa shape index (κ2) is 14.7. The van der Waals surface area contributed by atoms with E-state index in [1.165, 1.54) is 18.6 Å². The number of benzene rings is 2. The molecule has 260 valence electrons. The molecule has 1 saturated heterocycles. The van der Waals surface area contributed by atoms with Gasteiger partial charge in [-0.3, -0.25) is 19.2 Å². The second-order valence-electron chi connectivity index (χ2n) is 13.7. The number of aromatic hydroxyl groups is 1. The van der Waals surface area contributed by atoms with Gasteiger partial charge in [-0.1, -0.05) is 32.4 Å². The summed E-state index contributed by atoms with van der Waals surface area (Å²) in [6.45, 7) is 7.06. The molecule has 1 aromatic heterocycles. The third-order valence-corrected chi connectivity index (χ3v) is 9.72. The lowest BCUT2D eigenvalue weighted by Gasteiger charge is -2.34. The summed E-state index contributed by atoms with van der Waals surface area (Å²) < 4.78 is 8.25. The first-order chi connectivity index (χ1) is 23.6.